The molecule has 0 saturated carbocycles. The van der Waals surface area contributed by atoms with Gasteiger partial charge < -0.3 is 21.2 Å². The third kappa shape index (κ3) is 3.95. The topological polar surface area (TPSA) is 101 Å². The Morgan fingerprint density at radius 1 is 1.15 bits per heavy atom. The summed E-state index contributed by atoms with van der Waals surface area (Å²) in [5.74, 6) is 0.849. The van der Waals surface area contributed by atoms with E-state index in [1.807, 2.05) is 43.3 Å². The van der Waals surface area contributed by atoms with Crippen LogP contribution in [0.4, 0.5) is 5.69 Å². The molecule has 0 aliphatic carbocycles. The van der Waals surface area contributed by atoms with E-state index in [0.29, 0.717) is 17.1 Å². The molecule has 2 aromatic carbocycles. The van der Waals surface area contributed by atoms with E-state index in [9.17, 15) is 4.79 Å². The van der Waals surface area contributed by atoms with Crippen molar-refractivity contribution in [3.05, 3.63) is 71.4 Å². The van der Waals surface area contributed by atoms with Crippen LogP contribution in [0.5, 0.6) is 11.5 Å². The summed E-state index contributed by atoms with van der Waals surface area (Å²) in [5, 5.41) is 10.5. The van der Waals surface area contributed by atoms with Crippen LogP contribution >= 0.6 is 0 Å². The van der Waals surface area contributed by atoms with Gasteiger partial charge in [-0.15, -0.1) is 0 Å². The third-order valence-electron chi connectivity index (χ3n) is 4.20. The zero-order valence-electron chi connectivity index (χ0n) is 15.1. The summed E-state index contributed by atoms with van der Waals surface area (Å²) in [4.78, 5) is 15.8. The van der Waals surface area contributed by atoms with Crippen molar-refractivity contribution in [3.63, 3.8) is 0 Å². The Bertz CT molecular complexity index is 1010. The number of nitrogens with two attached hydrogens (primary N) is 1. The first kappa shape index (κ1) is 18.1. The van der Waals surface area contributed by atoms with E-state index < -0.39 is 5.91 Å². The average molecular weight is 360 g/mol. The van der Waals surface area contributed by atoms with Gasteiger partial charge in [0.25, 0.3) is 0 Å². The molecule has 6 nitrogen and oxygen atoms in total. The lowest BCUT2D eigenvalue weighted by molar-refractivity contribution is 0.0999. The summed E-state index contributed by atoms with van der Waals surface area (Å²) < 4.78 is 5.95. The molecule has 0 aliphatic rings. The second kappa shape index (κ2) is 7.70. The highest BCUT2D eigenvalue weighted by molar-refractivity contribution is 5.94. The van der Waals surface area contributed by atoms with Crippen molar-refractivity contribution in [1.29, 1.82) is 5.41 Å². The van der Waals surface area contributed by atoms with Crippen LogP contribution in [-0.2, 0) is 0 Å². The molecule has 0 saturated heterocycles. The molecule has 0 aliphatic heterocycles. The number of nitrogens with one attached hydrogen (secondary N) is 2. The number of aromatic nitrogens is 1. The van der Waals surface area contributed by atoms with Gasteiger partial charge in [0.05, 0.1) is 5.69 Å². The zero-order valence-corrected chi connectivity index (χ0v) is 15.1. The van der Waals surface area contributed by atoms with Crippen LogP contribution in [0.15, 0.2) is 54.7 Å². The number of amides is 1. The van der Waals surface area contributed by atoms with E-state index in [-0.39, 0.29) is 0 Å². The van der Waals surface area contributed by atoms with Crippen molar-refractivity contribution in [2.24, 2.45) is 5.73 Å². The van der Waals surface area contributed by atoms with Gasteiger partial charge in [0.1, 0.15) is 11.5 Å². The molecule has 0 spiro atoms. The lowest BCUT2D eigenvalue weighted by atomic mass is 10.0. The van der Waals surface area contributed by atoms with Gasteiger partial charge >= 0.3 is 0 Å². The molecule has 3 rings (SSSR count). The highest BCUT2D eigenvalue weighted by Crippen LogP contribution is 2.29. The van der Waals surface area contributed by atoms with Crippen LogP contribution in [0.1, 0.15) is 21.5 Å². The van der Waals surface area contributed by atoms with Crippen LogP contribution < -0.4 is 15.8 Å². The number of hydrogen-bond donors (Lipinski definition) is 3. The quantitative estimate of drug-likeness (QED) is 0.579. The molecule has 6 heteroatoms. The smallest absolute Gasteiger partial charge is 0.248 e. The highest BCUT2D eigenvalue weighted by atomic mass is 16.5. The maximum Gasteiger partial charge on any atom is 0.248 e. The predicted octanol–water partition coefficient (Wildman–Crippen LogP) is 3.99. The molecule has 0 bridgehead atoms. The number of carbonyl (C=O) groups excluding carboxylic acids is 1. The molecule has 1 heterocycles. The molecule has 3 aromatic rings. The molecule has 1 amide bonds. The second-order valence-electron chi connectivity index (χ2n) is 6.02. The second-order valence-corrected chi connectivity index (χ2v) is 6.02. The number of nitrogens with zero attached hydrogens (tertiary/aromatic N) is 1. The number of primary amides is 1. The monoisotopic (exact) mass is 360 g/mol. The first-order valence-electron chi connectivity index (χ1n) is 8.39. The highest BCUT2D eigenvalue weighted by Gasteiger charge is 2.09. The molecular formula is C21H20N4O2. The Kier molecular flexibility index (Phi) is 5.17. The van der Waals surface area contributed by atoms with Crippen molar-refractivity contribution >= 4 is 17.8 Å². The maximum atomic E-state index is 11.4. The largest absolute Gasteiger partial charge is 0.457 e. The molecule has 0 atom stereocenters. The maximum absolute atomic E-state index is 11.4. The van der Waals surface area contributed by atoms with E-state index >= 15 is 0 Å². The van der Waals surface area contributed by atoms with E-state index in [1.165, 1.54) is 6.21 Å². The van der Waals surface area contributed by atoms with E-state index in [0.717, 1.165) is 28.1 Å². The van der Waals surface area contributed by atoms with Gasteiger partial charge in [0, 0.05) is 54.0 Å². The van der Waals surface area contributed by atoms with Crippen LogP contribution in [0.3, 0.4) is 0 Å². The van der Waals surface area contributed by atoms with Crippen molar-refractivity contribution < 1.29 is 9.53 Å². The number of hydrogen-bond acceptors (Lipinski definition) is 5. The van der Waals surface area contributed by atoms with Crippen LogP contribution in [0, 0.1) is 12.3 Å². The standard InChI is InChI=1S/C21H20N4O2/c1-13-9-14(4-6-18(13)21(23)26)20-11-17(7-8-25-20)27-16-5-3-15(12-22)19(10-16)24-2/h3-12,22,24H,1-2H3,(H2,23,26). The fourth-order valence-corrected chi connectivity index (χ4v) is 2.81. The number of pyridine rings is 1. The number of benzene rings is 2. The third-order valence-corrected chi connectivity index (χ3v) is 4.20. The number of carbonyl (C=O) groups is 1. The van der Waals surface area contributed by atoms with Crippen molar-refractivity contribution in [2.75, 3.05) is 12.4 Å². The fourth-order valence-electron chi connectivity index (χ4n) is 2.81. The minimum Gasteiger partial charge on any atom is -0.457 e. The van der Waals surface area contributed by atoms with Gasteiger partial charge in [-0.1, -0.05) is 6.07 Å². The normalized spacial score (nSPS) is 10.3. The van der Waals surface area contributed by atoms with Crippen molar-refractivity contribution in [2.45, 2.75) is 6.92 Å². The minimum absolute atomic E-state index is 0.446. The SMILES string of the molecule is CNc1cc(Oc2ccnc(-c3ccc(C(N)=O)c(C)c3)c2)ccc1C=N. The summed E-state index contributed by atoms with van der Waals surface area (Å²) in [5.41, 5.74) is 9.86. The molecule has 0 radical (unpaired) electrons. The number of aryl methyl sites for hydroxylation is 1. The average Bonchev–Trinajstić information content (AvgIpc) is 2.67. The van der Waals surface area contributed by atoms with Gasteiger partial charge in [-0.05, 0) is 42.8 Å². The Balaban J connectivity index is 1.89. The van der Waals surface area contributed by atoms with Crippen molar-refractivity contribution in [1.82, 2.24) is 4.98 Å². The van der Waals surface area contributed by atoms with E-state index in [4.69, 9.17) is 15.9 Å². The van der Waals surface area contributed by atoms with E-state index in [1.54, 1.807) is 25.4 Å². The van der Waals surface area contributed by atoms with Crippen LogP contribution in [0.25, 0.3) is 11.3 Å². The number of rotatable bonds is 6. The molecule has 136 valence electrons. The molecule has 0 fully saturated rings. The van der Waals surface area contributed by atoms with Gasteiger partial charge in [0.2, 0.25) is 5.91 Å². The van der Waals surface area contributed by atoms with Crippen LogP contribution in [-0.4, -0.2) is 24.2 Å². The predicted molar refractivity (Wildman–Crippen MR) is 107 cm³/mol. The number of ether oxygens (including phenoxy) is 1. The lowest BCUT2D eigenvalue weighted by Gasteiger charge is -2.11. The molecular weight excluding hydrogens is 340 g/mol. The van der Waals surface area contributed by atoms with Crippen LogP contribution in [0.2, 0.25) is 0 Å². The summed E-state index contributed by atoms with van der Waals surface area (Å²) >= 11 is 0. The Morgan fingerprint density at radius 3 is 2.59 bits per heavy atom. The molecule has 27 heavy (non-hydrogen) atoms. The Hall–Kier alpha value is -3.67. The van der Waals surface area contributed by atoms with Gasteiger partial charge in [-0.3, -0.25) is 9.78 Å². The van der Waals surface area contributed by atoms with Crippen molar-refractivity contribution in [3.8, 4) is 22.8 Å². The minimum atomic E-state index is -0.446. The summed E-state index contributed by atoms with van der Waals surface area (Å²) in [7, 11) is 1.80. The Morgan fingerprint density at radius 2 is 1.93 bits per heavy atom. The summed E-state index contributed by atoms with van der Waals surface area (Å²) in [6, 6.07) is 14.5. The fraction of sp³-hybridized carbons (Fsp3) is 0.0952. The Labute approximate surface area is 157 Å². The number of anilines is 1. The first-order valence-corrected chi connectivity index (χ1v) is 8.39. The van der Waals surface area contributed by atoms with E-state index in [2.05, 4.69) is 10.3 Å². The molecule has 4 N–H and O–H groups in total. The molecule has 1 aromatic heterocycles. The summed E-state index contributed by atoms with van der Waals surface area (Å²) in [6.07, 6.45) is 2.96. The zero-order chi connectivity index (χ0) is 19.4. The molecule has 0 unspecified atom stereocenters. The van der Waals surface area contributed by atoms with Gasteiger partial charge in [0.15, 0.2) is 0 Å². The van der Waals surface area contributed by atoms with Gasteiger partial charge in [-0.25, -0.2) is 0 Å². The first-order chi connectivity index (χ1) is 13.0. The lowest BCUT2D eigenvalue weighted by Crippen LogP contribution is -2.12. The summed E-state index contributed by atoms with van der Waals surface area (Å²) in [6.45, 7) is 1.84. The van der Waals surface area contributed by atoms with Gasteiger partial charge in [-0.2, -0.15) is 0 Å².